The lowest BCUT2D eigenvalue weighted by atomic mass is 10.3. The molecule has 0 unspecified atom stereocenters. The Labute approximate surface area is 257 Å². The van der Waals surface area contributed by atoms with E-state index in [0.29, 0.717) is 126 Å². The van der Waals surface area contributed by atoms with E-state index in [1.807, 2.05) is 14.1 Å². The second-order valence-electron chi connectivity index (χ2n) is 9.37. The maximum Gasteiger partial charge on any atom is 0.221 e. The van der Waals surface area contributed by atoms with Crippen molar-refractivity contribution in [2.45, 2.75) is 6.92 Å². The van der Waals surface area contributed by atoms with Crippen molar-refractivity contribution in [3.63, 3.8) is 0 Å². The third-order valence-electron chi connectivity index (χ3n) is 5.33. The van der Waals surface area contributed by atoms with E-state index in [0.717, 1.165) is 18.0 Å². The first kappa shape index (κ1) is 39.1. The molecule has 0 fully saturated rings. The van der Waals surface area contributed by atoms with Crippen LogP contribution in [-0.4, -0.2) is 157 Å². The number of ether oxygens (including phenoxy) is 10. The lowest BCUT2D eigenvalue weighted by Gasteiger charge is -2.10. The molecule has 0 aliphatic rings. The number of nitrogens with one attached hydrogen (secondary N) is 1. The number of benzene rings is 1. The molecule has 1 amide bonds. The maximum atomic E-state index is 11.0. The van der Waals surface area contributed by atoms with Crippen molar-refractivity contribution in [2.75, 3.05) is 151 Å². The van der Waals surface area contributed by atoms with Gasteiger partial charge in [0, 0.05) is 19.2 Å². The van der Waals surface area contributed by atoms with Crippen LogP contribution in [0.3, 0.4) is 0 Å². The van der Waals surface area contributed by atoms with E-state index in [-0.39, 0.29) is 5.91 Å². The molecule has 13 nitrogen and oxygen atoms in total. The predicted octanol–water partition coefficient (Wildman–Crippen LogP) is 1.73. The highest BCUT2D eigenvalue weighted by Crippen LogP contribution is 2.15. The molecule has 250 valence electrons. The maximum absolute atomic E-state index is 11.0. The number of amides is 1. The molecule has 0 aliphatic carbocycles. The van der Waals surface area contributed by atoms with Crippen LogP contribution < -0.4 is 10.1 Å². The van der Waals surface area contributed by atoms with Crippen LogP contribution in [-0.2, 0) is 47.4 Å². The van der Waals surface area contributed by atoms with E-state index in [9.17, 15) is 4.79 Å². The molecule has 0 atom stereocenters. The van der Waals surface area contributed by atoms with E-state index in [1.165, 1.54) is 6.92 Å². The minimum absolute atomic E-state index is 0.106. The Hall–Kier alpha value is -1.91. The van der Waals surface area contributed by atoms with Crippen molar-refractivity contribution in [3.8, 4) is 5.75 Å². The molecular formula is C30H54N2O11. The Balaban J connectivity index is 1.68. The Bertz CT molecular complexity index is 741. The smallest absolute Gasteiger partial charge is 0.221 e. The average molecular weight is 619 g/mol. The van der Waals surface area contributed by atoms with Crippen molar-refractivity contribution >= 4 is 11.6 Å². The lowest BCUT2D eigenvalue weighted by Crippen LogP contribution is -2.19. The molecule has 0 heterocycles. The third-order valence-corrected chi connectivity index (χ3v) is 5.33. The van der Waals surface area contributed by atoms with Gasteiger partial charge in [-0.25, -0.2) is 0 Å². The van der Waals surface area contributed by atoms with E-state index in [4.69, 9.17) is 47.4 Å². The Kier molecular flexibility index (Phi) is 27.4. The molecule has 13 heteroatoms. The largest absolute Gasteiger partial charge is 0.491 e. The molecule has 1 aromatic rings. The zero-order valence-corrected chi connectivity index (χ0v) is 26.4. The monoisotopic (exact) mass is 618 g/mol. The van der Waals surface area contributed by atoms with Gasteiger partial charge in [-0.05, 0) is 38.4 Å². The summed E-state index contributed by atoms with van der Waals surface area (Å²) in [6.45, 7) is 12.3. The first-order valence-electron chi connectivity index (χ1n) is 14.9. The molecule has 0 bridgehead atoms. The Morgan fingerprint density at radius 1 is 0.512 bits per heavy atom. The highest BCUT2D eigenvalue weighted by molar-refractivity contribution is 5.88. The van der Waals surface area contributed by atoms with E-state index in [2.05, 4.69) is 10.2 Å². The van der Waals surface area contributed by atoms with E-state index in [1.54, 1.807) is 24.3 Å². The molecule has 43 heavy (non-hydrogen) atoms. The van der Waals surface area contributed by atoms with Gasteiger partial charge in [-0.1, -0.05) is 0 Å². The van der Waals surface area contributed by atoms with Crippen molar-refractivity contribution in [1.29, 1.82) is 0 Å². The molecule has 0 aliphatic heterocycles. The molecule has 0 radical (unpaired) electrons. The fraction of sp³-hybridized carbons (Fsp3) is 0.767. The van der Waals surface area contributed by atoms with Crippen LogP contribution in [0.4, 0.5) is 5.69 Å². The van der Waals surface area contributed by atoms with Crippen LogP contribution in [0.2, 0.25) is 0 Å². The lowest BCUT2D eigenvalue weighted by molar-refractivity contribution is -0.114. The first-order chi connectivity index (χ1) is 21.1. The molecule has 1 aromatic carbocycles. The second-order valence-corrected chi connectivity index (χ2v) is 9.37. The SMILES string of the molecule is CC(=O)Nc1ccc(OCCOCCOCCOCCOCCOCCOCCOCCOCCOCCN(C)C)cc1. The summed E-state index contributed by atoms with van der Waals surface area (Å²) in [5.41, 5.74) is 0.734. The Morgan fingerprint density at radius 2 is 0.814 bits per heavy atom. The van der Waals surface area contributed by atoms with Gasteiger partial charge in [0.15, 0.2) is 0 Å². The zero-order chi connectivity index (χ0) is 31.1. The number of nitrogens with zero attached hydrogens (tertiary/aromatic N) is 1. The van der Waals surface area contributed by atoms with Gasteiger partial charge < -0.3 is 57.6 Å². The summed E-state index contributed by atoms with van der Waals surface area (Å²) in [7, 11) is 4.04. The summed E-state index contributed by atoms with van der Waals surface area (Å²) in [5.74, 6) is 0.613. The predicted molar refractivity (Wildman–Crippen MR) is 162 cm³/mol. The third kappa shape index (κ3) is 28.6. The molecule has 0 spiro atoms. The zero-order valence-electron chi connectivity index (χ0n) is 26.4. The van der Waals surface area contributed by atoms with Gasteiger partial charge in [0.25, 0.3) is 0 Å². The van der Waals surface area contributed by atoms with Crippen molar-refractivity contribution in [1.82, 2.24) is 4.90 Å². The molecule has 1 N–H and O–H groups in total. The molecule has 0 saturated heterocycles. The number of rotatable bonds is 32. The normalized spacial score (nSPS) is 11.3. The minimum Gasteiger partial charge on any atom is -0.491 e. The fourth-order valence-corrected chi connectivity index (χ4v) is 3.16. The van der Waals surface area contributed by atoms with Crippen molar-refractivity contribution in [2.24, 2.45) is 0 Å². The standard InChI is InChI=1S/C30H54N2O11/c1-28(33)31-29-4-6-30(7-5-29)43-27-26-42-25-24-41-23-22-40-21-20-39-19-18-38-17-16-37-15-14-36-13-12-35-11-10-34-9-8-32(2)3/h4-7H,8-27H2,1-3H3,(H,31,33). The van der Waals surface area contributed by atoms with Crippen molar-refractivity contribution < 1.29 is 52.2 Å². The van der Waals surface area contributed by atoms with Crippen molar-refractivity contribution in [3.05, 3.63) is 24.3 Å². The van der Waals surface area contributed by atoms with E-state index < -0.39 is 0 Å². The summed E-state index contributed by atoms with van der Waals surface area (Å²) in [5, 5.41) is 2.71. The van der Waals surface area contributed by atoms with Gasteiger partial charge in [0.1, 0.15) is 12.4 Å². The van der Waals surface area contributed by atoms with Crippen LogP contribution >= 0.6 is 0 Å². The van der Waals surface area contributed by atoms with Gasteiger partial charge in [-0.3, -0.25) is 4.79 Å². The molecule has 0 aromatic heterocycles. The fourth-order valence-electron chi connectivity index (χ4n) is 3.16. The summed E-state index contributed by atoms with van der Waals surface area (Å²) >= 11 is 0. The number of carbonyl (C=O) groups is 1. The highest BCUT2D eigenvalue weighted by Gasteiger charge is 1.99. The van der Waals surface area contributed by atoms with Crippen LogP contribution in [0, 0.1) is 0 Å². The summed E-state index contributed by atoms with van der Waals surface area (Å²) in [6, 6.07) is 7.18. The first-order valence-corrected chi connectivity index (χ1v) is 14.9. The number of hydrogen-bond acceptors (Lipinski definition) is 12. The average Bonchev–Trinajstić information content (AvgIpc) is 2.98. The van der Waals surface area contributed by atoms with E-state index >= 15 is 0 Å². The van der Waals surface area contributed by atoms with Gasteiger partial charge >= 0.3 is 0 Å². The quantitative estimate of drug-likeness (QED) is 0.118. The van der Waals surface area contributed by atoms with Crippen LogP contribution in [0.5, 0.6) is 5.75 Å². The van der Waals surface area contributed by atoms with Gasteiger partial charge in [0.05, 0.1) is 119 Å². The molecule has 0 saturated carbocycles. The van der Waals surface area contributed by atoms with Gasteiger partial charge in [-0.15, -0.1) is 0 Å². The second kappa shape index (κ2) is 30.1. The summed E-state index contributed by atoms with van der Waals surface area (Å²) in [6.07, 6.45) is 0. The molecule has 1 rings (SSSR count). The highest BCUT2D eigenvalue weighted by atomic mass is 16.6. The summed E-state index contributed by atoms with van der Waals surface area (Å²) in [4.78, 5) is 13.1. The van der Waals surface area contributed by atoms with Gasteiger partial charge in [-0.2, -0.15) is 0 Å². The van der Waals surface area contributed by atoms with Gasteiger partial charge in [0.2, 0.25) is 5.91 Å². The number of likely N-dealkylation sites (N-methyl/N-ethyl adjacent to an activating group) is 1. The number of carbonyl (C=O) groups excluding carboxylic acids is 1. The minimum atomic E-state index is -0.106. The summed E-state index contributed by atoms with van der Waals surface area (Å²) < 4.78 is 54.8. The van der Waals surface area contributed by atoms with Crippen LogP contribution in [0.1, 0.15) is 6.92 Å². The number of hydrogen-bond donors (Lipinski definition) is 1. The van der Waals surface area contributed by atoms with Crippen LogP contribution in [0.15, 0.2) is 24.3 Å². The topological polar surface area (TPSA) is 125 Å². The Morgan fingerprint density at radius 3 is 1.12 bits per heavy atom. The number of anilines is 1. The van der Waals surface area contributed by atoms with Crippen LogP contribution in [0.25, 0.3) is 0 Å². The molecular weight excluding hydrogens is 564 g/mol.